The molecule has 3 rings (SSSR count). The van der Waals surface area contributed by atoms with Crippen molar-refractivity contribution in [1.82, 2.24) is 14.3 Å². The topological polar surface area (TPSA) is 75.1 Å². The molecule has 0 saturated heterocycles. The van der Waals surface area contributed by atoms with Crippen molar-refractivity contribution >= 4 is 17.3 Å². The van der Waals surface area contributed by atoms with Gasteiger partial charge in [-0.15, -0.1) is 0 Å². The molecule has 0 unspecified atom stereocenters. The maximum absolute atomic E-state index is 14.4. The van der Waals surface area contributed by atoms with Crippen molar-refractivity contribution in [2.45, 2.75) is 0 Å². The zero-order valence-corrected chi connectivity index (χ0v) is 14.0. The van der Waals surface area contributed by atoms with Gasteiger partial charge in [-0.1, -0.05) is 11.6 Å². The lowest BCUT2D eigenvalue weighted by atomic mass is 10.1. The number of benzene rings is 1. The zero-order chi connectivity index (χ0) is 18.3. The van der Waals surface area contributed by atoms with E-state index in [9.17, 15) is 13.6 Å². The van der Waals surface area contributed by atoms with Gasteiger partial charge in [0.15, 0.2) is 5.82 Å². The van der Waals surface area contributed by atoms with Gasteiger partial charge < -0.3 is 10.5 Å². The number of nitrogens with two attached hydrogens (primary N) is 1. The van der Waals surface area contributed by atoms with Gasteiger partial charge in [0.1, 0.15) is 23.1 Å². The van der Waals surface area contributed by atoms with Crippen LogP contribution in [0.15, 0.2) is 35.3 Å². The van der Waals surface area contributed by atoms with Crippen LogP contribution < -0.4 is 16.0 Å². The summed E-state index contributed by atoms with van der Waals surface area (Å²) in [4.78, 5) is 16.5. The van der Waals surface area contributed by atoms with E-state index in [4.69, 9.17) is 22.1 Å². The van der Waals surface area contributed by atoms with Gasteiger partial charge >= 0.3 is 0 Å². The number of nitrogens with zero attached hydrogens (tertiary/aromatic N) is 3. The number of halogens is 3. The summed E-state index contributed by atoms with van der Waals surface area (Å²) in [7, 11) is 2.74. The van der Waals surface area contributed by atoms with E-state index in [2.05, 4.69) is 4.98 Å². The van der Waals surface area contributed by atoms with E-state index in [1.54, 1.807) is 0 Å². The van der Waals surface area contributed by atoms with Crippen LogP contribution in [0.5, 0.6) is 5.75 Å². The molecular weight excluding hydrogens is 354 g/mol. The van der Waals surface area contributed by atoms with E-state index in [0.717, 1.165) is 16.8 Å². The van der Waals surface area contributed by atoms with E-state index in [1.807, 2.05) is 0 Å². The second kappa shape index (κ2) is 6.21. The predicted molar refractivity (Wildman–Crippen MR) is 90.1 cm³/mol. The van der Waals surface area contributed by atoms with E-state index in [-0.39, 0.29) is 22.9 Å². The largest absolute Gasteiger partial charge is 0.497 e. The number of hydrogen-bond donors (Lipinski definition) is 1. The third-order valence-corrected chi connectivity index (χ3v) is 3.94. The van der Waals surface area contributed by atoms with Crippen LogP contribution in [0.1, 0.15) is 0 Å². The fourth-order valence-electron chi connectivity index (χ4n) is 2.57. The molecule has 9 heteroatoms. The molecule has 2 heterocycles. The average molecular weight is 367 g/mol. The second-order valence-electron chi connectivity index (χ2n) is 5.20. The highest BCUT2D eigenvalue weighted by atomic mass is 35.5. The van der Waals surface area contributed by atoms with Gasteiger partial charge in [0.2, 0.25) is 0 Å². The molecule has 0 aliphatic rings. The maximum Gasteiger partial charge on any atom is 0.296 e. The second-order valence-corrected chi connectivity index (χ2v) is 5.64. The molecule has 0 radical (unpaired) electrons. The van der Waals surface area contributed by atoms with Crippen molar-refractivity contribution in [2.75, 3.05) is 12.8 Å². The molecule has 0 atom stereocenters. The van der Waals surface area contributed by atoms with Crippen LogP contribution in [0, 0.1) is 11.6 Å². The number of methoxy groups -OCH3 is 1. The molecule has 1 aromatic carbocycles. The number of nitrogen functional groups attached to an aromatic ring is 1. The molecule has 0 bridgehead atoms. The van der Waals surface area contributed by atoms with Crippen LogP contribution in [0.25, 0.3) is 17.1 Å². The van der Waals surface area contributed by atoms with Gasteiger partial charge in [-0.2, -0.15) is 4.68 Å². The van der Waals surface area contributed by atoms with Crippen molar-refractivity contribution in [1.29, 1.82) is 0 Å². The molecule has 2 aromatic heterocycles. The summed E-state index contributed by atoms with van der Waals surface area (Å²) in [6.07, 6.45) is 1.35. The molecule has 0 saturated carbocycles. The fourth-order valence-corrected chi connectivity index (χ4v) is 2.68. The summed E-state index contributed by atoms with van der Waals surface area (Å²) < 4.78 is 36.0. The Hall–Kier alpha value is -2.87. The van der Waals surface area contributed by atoms with Crippen molar-refractivity contribution < 1.29 is 13.5 Å². The predicted octanol–water partition coefficient (Wildman–Crippen LogP) is 2.76. The first-order chi connectivity index (χ1) is 11.8. The van der Waals surface area contributed by atoms with Crippen LogP contribution in [0.2, 0.25) is 5.02 Å². The normalized spacial score (nSPS) is 10.9. The number of hydrogen-bond acceptors (Lipinski definition) is 4. The van der Waals surface area contributed by atoms with Gasteiger partial charge in [-0.3, -0.25) is 9.48 Å². The summed E-state index contributed by atoms with van der Waals surface area (Å²) in [5.41, 5.74) is 4.36. The maximum atomic E-state index is 14.4. The highest BCUT2D eigenvalue weighted by Crippen LogP contribution is 2.32. The van der Waals surface area contributed by atoms with E-state index in [0.29, 0.717) is 5.02 Å². The summed E-state index contributed by atoms with van der Waals surface area (Å²) in [5.74, 6) is -1.58. The van der Waals surface area contributed by atoms with Gasteiger partial charge in [0, 0.05) is 25.4 Å². The van der Waals surface area contributed by atoms with Gasteiger partial charge in [0.25, 0.3) is 5.56 Å². The third-order valence-electron chi connectivity index (χ3n) is 3.72. The van der Waals surface area contributed by atoms with Crippen LogP contribution >= 0.6 is 11.6 Å². The smallest absolute Gasteiger partial charge is 0.296 e. The minimum atomic E-state index is -0.902. The molecule has 0 amide bonds. The minimum Gasteiger partial charge on any atom is -0.497 e. The fraction of sp³-hybridized carbons (Fsp3) is 0.125. The number of anilines is 1. The quantitative estimate of drug-likeness (QED) is 0.773. The van der Waals surface area contributed by atoms with Gasteiger partial charge in [-0.25, -0.2) is 13.8 Å². The first-order valence-corrected chi connectivity index (χ1v) is 7.45. The number of pyridine rings is 1. The van der Waals surface area contributed by atoms with Crippen molar-refractivity contribution in [3.8, 4) is 22.8 Å². The molecule has 0 fully saturated rings. The molecule has 0 aliphatic carbocycles. The lowest BCUT2D eigenvalue weighted by Gasteiger charge is -2.11. The highest BCUT2D eigenvalue weighted by Gasteiger charge is 2.24. The number of aromatic nitrogens is 3. The third kappa shape index (κ3) is 2.74. The zero-order valence-electron chi connectivity index (χ0n) is 13.3. The monoisotopic (exact) mass is 366 g/mol. The molecule has 25 heavy (non-hydrogen) atoms. The molecule has 0 aliphatic heterocycles. The Balaban J connectivity index is 2.28. The molecule has 130 valence electrons. The van der Waals surface area contributed by atoms with Crippen LogP contribution in [-0.2, 0) is 7.05 Å². The lowest BCUT2D eigenvalue weighted by molar-refractivity contribution is 0.407. The molecule has 6 nitrogen and oxygen atoms in total. The van der Waals surface area contributed by atoms with E-state index >= 15 is 0 Å². The summed E-state index contributed by atoms with van der Waals surface area (Å²) in [5, 5.41) is 0.381. The van der Waals surface area contributed by atoms with Gasteiger partial charge in [-0.05, 0) is 12.1 Å². The first-order valence-electron chi connectivity index (χ1n) is 7.08. The molecular formula is C16H13ClF2N4O2. The Morgan fingerprint density at radius 2 is 1.88 bits per heavy atom. The standard InChI is InChI=1S/C16H13ClF2N4O2/c1-22-15(13-10(18)5-9(25-2)6-11(13)19)14(20)16(24)23(22)12-4-3-8(17)7-21-12/h3-7H,20H2,1-2H3. The summed E-state index contributed by atoms with van der Waals surface area (Å²) >= 11 is 5.79. The first kappa shape index (κ1) is 17.0. The van der Waals surface area contributed by atoms with Crippen LogP contribution in [-0.4, -0.2) is 21.5 Å². The Morgan fingerprint density at radius 1 is 1.24 bits per heavy atom. The lowest BCUT2D eigenvalue weighted by Crippen LogP contribution is -2.21. The Kier molecular flexibility index (Phi) is 4.22. The summed E-state index contributed by atoms with van der Waals surface area (Å²) in [6.45, 7) is 0. The SMILES string of the molecule is COc1cc(F)c(-c2c(N)c(=O)n(-c3ccc(Cl)cn3)n2C)c(F)c1. The van der Waals surface area contributed by atoms with Crippen LogP contribution in [0.3, 0.4) is 0 Å². The van der Waals surface area contributed by atoms with Crippen molar-refractivity contribution in [3.63, 3.8) is 0 Å². The Bertz CT molecular complexity index is 989. The number of ether oxygens (including phenoxy) is 1. The molecule has 2 N–H and O–H groups in total. The highest BCUT2D eigenvalue weighted by molar-refractivity contribution is 6.30. The van der Waals surface area contributed by atoms with Crippen molar-refractivity contribution in [3.05, 3.63) is 57.5 Å². The Morgan fingerprint density at radius 3 is 2.40 bits per heavy atom. The van der Waals surface area contributed by atoms with E-state index in [1.165, 1.54) is 37.2 Å². The van der Waals surface area contributed by atoms with E-state index < -0.39 is 22.8 Å². The van der Waals surface area contributed by atoms with Gasteiger partial charge in [0.05, 0.1) is 23.4 Å². The molecule has 3 aromatic rings. The average Bonchev–Trinajstić information content (AvgIpc) is 2.79. The van der Waals surface area contributed by atoms with Crippen molar-refractivity contribution in [2.24, 2.45) is 7.05 Å². The minimum absolute atomic E-state index is 0.0149. The Labute approximate surface area is 146 Å². The summed E-state index contributed by atoms with van der Waals surface area (Å²) in [6, 6.07) is 5.06. The molecule has 0 spiro atoms. The number of rotatable bonds is 3. The van der Waals surface area contributed by atoms with Crippen LogP contribution in [0.4, 0.5) is 14.5 Å².